The zero-order valence-corrected chi connectivity index (χ0v) is 21.7. The van der Waals surface area contributed by atoms with Crippen LogP contribution in [0.15, 0.2) is 82.5 Å². The lowest BCUT2D eigenvalue weighted by Gasteiger charge is -2.31. The number of nitrogens with two attached hydrogens (primary N) is 1. The zero-order valence-electron chi connectivity index (χ0n) is 20.1. The first kappa shape index (κ1) is 26.7. The van der Waals surface area contributed by atoms with E-state index in [4.69, 9.17) is 22.3 Å². The molecule has 11 heteroatoms. The Morgan fingerprint density at radius 2 is 1.86 bits per heavy atom. The Kier molecular flexibility index (Phi) is 8.23. The van der Waals surface area contributed by atoms with Crippen LogP contribution < -0.4 is 16.7 Å². The van der Waals surface area contributed by atoms with Crippen molar-refractivity contribution in [1.29, 1.82) is 0 Å². The fourth-order valence-electron chi connectivity index (χ4n) is 4.12. The number of sulfonamides is 1. The highest BCUT2D eigenvalue weighted by molar-refractivity contribution is 7.89. The van der Waals surface area contributed by atoms with E-state index >= 15 is 0 Å². The van der Waals surface area contributed by atoms with Gasteiger partial charge in [0.05, 0.1) is 27.5 Å². The predicted octanol–water partition coefficient (Wildman–Crippen LogP) is 4.56. The summed E-state index contributed by atoms with van der Waals surface area (Å²) in [5.41, 5.74) is 9.33. The van der Waals surface area contributed by atoms with Crippen LogP contribution in [0.4, 0.5) is 10.1 Å². The summed E-state index contributed by atoms with van der Waals surface area (Å²) >= 11 is 6.18. The number of nitrogens with zero attached hydrogens (tertiary/aromatic N) is 3. The van der Waals surface area contributed by atoms with E-state index in [2.05, 4.69) is 5.43 Å². The molecule has 37 heavy (non-hydrogen) atoms. The lowest BCUT2D eigenvalue weighted by molar-refractivity contribution is 0.297. The minimum Gasteiger partial charge on any atom is -0.330 e. The molecule has 1 atom stereocenters. The van der Waals surface area contributed by atoms with Gasteiger partial charge < -0.3 is 5.73 Å². The highest BCUT2D eigenvalue weighted by atomic mass is 35.5. The van der Waals surface area contributed by atoms with Crippen LogP contribution in [0.25, 0.3) is 10.9 Å². The van der Waals surface area contributed by atoms with Crippen molar-refractivity contribution in [2.75, 3.05) is 18.5 Å². The van der Waals surface area contributed by atoms with Crippen molar-refractivity contribution in [3.63, 3.8) is 0 Å². The summed E-state index contributed by atoms with van der Waals surface area (Å²) in [6, 6.07) is 17.7. The zero-order chi connectivity index (χ0) is 26.6. The molecule has 1 heterocycles. The van der Waals surface area contributed by atoms with Crippen LogP contribution in [0.5, 0.6) is 0 Å². The molecule has 4 rings (SSSR count). The number of nitrogens with one attached hydrogen (secondary N) is 1. The standard InChI is InChI=1S/C26H27ClFN5O3S/c1-2-24(32(15-7-14-29)37(35,36)21-11-6-8-19(28)17-21)25-30-23-16-18(27)12-13-22(23)26(34)33(25)31-20-9-4-3-5-10-20/h3-6,8-13,16-17,24,31H,2,7,14-15,29H2,1H3. The number of anilines is 1. The van der Waals surface area contributed by atoms with Crippen molar-refractivity contribution in [3.8, 4) is 0 Å². The maximum Gasteiger partial charge on any atom is 0.280 e. The largest absolute Gasteiger partial charge is 0.330 e. The summed E-state index contributed by atoms with van der Waals surface area (Å²) in [5.74, 6) is -0.503. The van der Waals surface area contributed by atoms with E-state index in [0.717, 1.165) is 6.07 Å². The average Bonchev–Trinajstić information content (AvgIpc) is 2.88. The summed E-state index contributed by atoms with van der Waals surface area (Å²) in [6.45, 7) is 2.08. The highest BCUT2D eigenvalue weighted by Gasteiger charge is 2.34. The second-order valence-corrected chi connectivity index (χ2v) is 10.7. The maximum absolute atomic E-state index is 14.0. The number of benzene rings is 3. The minimum atomic E-state index is -4.19. The van der Waals surface area contributed by atoms with Crippen molar-refractivity contribution < 1.29 is 12.8 Å². The molecule has 1 unspecified atom stereocenters. The number of para-hydroxylation sites is 1. The Hall–Kier alpha value is -3.31. The lowest BCUT2D eigenvalue weighted by atomic mass is 10.1. The number of aromatic nitrogens is 2. The van der Waals surface area contributed by atoms with Gasteiger partial charge in [-0.25, -0.2) is 22.5 Å². The van der Waals surface area contributed by atoms with Crippen molar-refractivity contribution in [2.45, 2.75) is 30.7 Å². The molecule has 194 valence electrons. The number of hydrogen-bond donors (Lipinski definition) is 2. The Morgan fingerprint density at radius 1 is 1.11 bits per heavy atom. The van der Waals surface area contributed by atoms with E-state index in [-0.39, 0.29) is 30.2 Å². The molecule has 8 nitrogen and oxygen atoms in total. The number of rotatable bonds is 10. The summed E-state index contributed by atoms with van der Waals surface area (Å²) in [5, 5.41) is 0.701. The van der Waals surface area contributed by atoms with Gasteiger partial charge in [0.25, 0.3) is 5.56 Å². The number of halogens is 2. The monoisotopic (exact) mass is 543 g/mol. The van der Waals surface area contributed by atoms with Gasteiger partial charge in [0.15, 0.2) is 5.82 Å². The summed E-state index contributed by atoms with van der Waals surface area (Å²) in [6.07, 6.45) is 0.620. The van der Waals surface area contributed by atoms with E-state index in [9.17, 15) is 17.6 Å². The molecule has 3 N–H and O–H groups in total. The van der Waals surface area contributed by atoms with E-state index in [1.807, 2.05) is 6.07 Å². The molecule has 0 aliphatic rings. The minimum absolute atomic E-state index is 0.0443. The summed E-state index contributed by atoms with van der Waals surface area (Å²) < 4.78 is 44.1. The Balaban J connectivity index is 1.95. The third kappa shape index (κ3) is 5.67. The van der Waals surface area contributed by atoms with Gasteiger partial charge in [-0.3, -0.25) is 10.2 Å². The van der Waals surface area contributed by atoms with E-state index < -0.39 is 27.4 Å². The average molecular weight is 544 g/mol. The first-order valence-corrected chi connectivity index (χ1v) is 13.6. The van der Waals surface area contributed by atoms with Crippen molar-refractivity contribution in [3.05, 3.63) is 99.8 Å². The molecule has 0 saturated carbocycles. The van der Waals surface area contributed by atoms with Gasteiger partial charge in [0.1, 0.15) is 5.82 Å². The molecular weight excluding hydrogens is 517 g/mol. The van der Waals surface area contributed by atoms with Crippen LogP contribution in [0, 0.1) is 5.82 Å². The number of hydrogen-bond acceptors (Lipinski definition) is 6. The molecule has 4 aromatic rings. The van der Waals surface area contributed by atoms with Gasteiger partial charge in [-0.15, -0.1) is 0 Å². The van der Waals surface area contributed by atoms with E-state index in [1.54, 1.807) is 49.4 Å². The Bertz CT molecular complexity index is 1560. The third-order valence-corrected chi connectivity index (χ3v) is 8.03. The first-order chi connectivity index (χ1) is 17.8. The molecule has 3 aromatic carbocycles. The van der Waals surface area contributed by atoms with Crippen LogP contribution in [-0.4, -0.2) is 35.5 Å². The molecule has 0 fully saturated rings. The molecular formula is C26H27ClFN5O3S. The van der Waals surface area contributed by atoms with Crippen LogP contribution in [0.1, 0.15) is 31.6 Å². The molecule has 0 aliphatic carbocycles. The van der Waals surface area contributed by atoms with E-state index in [0.29, 0.717) is 28.0 Å². The molecule has 0 radical (unpaired) electrons. The quantitative estimate of drug-likeness (QED) is 0.303. The van der Waals surface area contributed by atoms with Gasteiger partial charge in [0.2, 0.25) is 10.0 Å². The van der Waals surface area contributed by atoms with Crippen LogP contribution in [0.2, 0.25) is 5.02 Å². The SMILES string of the molecule is CCC(c1nc2cc(Cl)ccc2c(=O)n1Nc1ccccc1)N(CCCN)S(=O)(=O)c1cccc(F)c1. The fraction of sp³-hybridized carbons (Fsp3) is 0.231. The van der Waals surface area contributed by atoms with Crippen molar-refractivity contribution in [1.82, 2.24) is 14.0 Å². The van der Waals surface area contributed by atoms with Crippen molar-refractivity contribution in [2.24, 2.45) is 5.73 Å². The predicted molar refractivity (Wildman–Crippen MR) is 143 cm³/mol. The Morgan fingerprint density at radius 3 is 2.54 bits per heavy atom. The smallest absolute Gasteiger partial charge is 0.280 e. The highest BCUT2D eigenvalue weighted by Crippen LogP contribution is 2.31. The molecule has 1 aromatic heterocycles. The van der Waals surface area contributed by atoms with Gasteiger partial charge in [-0.2, -0.15) is 4.31 Å². The van der Waals surface area contributed by atoms with Gasteiger partial charge in [-0.05, 0) is 67.9 Å². The van der Waals surface area contributed by atoms with Gasteiger partial charge in [0, 0.05) is 11.6 Å². The molecule has 0 aliphatic heterocycles. The van der Waals surface area contributed by atoms with Crippen LogP contribution in [0.3, 0.4) is 0 Å². The number of fused-ring (bicyclic) bond motifs is 1. The van der Waals surface area contributed by atoms with Crippen molar-refractivity contribution >= 4 is 38.2 Å². The summed E-state index contributed by atoms with van der Waals surface area (Å²) in [4.78, 5) is 18.2. The molecule has 0 spiro atoms. The fourth-order valence-corrected chi connectivity index (χ4v) is 6.01. The van der Waals surface area contributed by atoms with Crippen LogP contribution in [-0.2, 0) is 10.0 Å². The van der Waals surface area contributed by atoms with Gasteiger partial charge in [-0.1, -0.05) is 42.8 Å². The van der Waals surface area contributed by atoms with E-state index in [1.165, 1.54) is 27.2 Å². The van der Waals surface area contributed by atoms with Crippen LogP contribution >= 0.6 is 11.6 Å². The molecule has 0 saturated heterocycles. The Labute approximate surface area is 219 Å². The second kappa shape index (κ2) is 11.4. The first-order valence-electron chi connectivity index (χ1n) is 11.8. The van der Waals surface area contributed by atoms with Gasteiger partial charge >= 0.3 is 0 Å². The normalized spacial score (nSPS) is 12.7. The molecule has 0 bridgehead atoms. The maximum atomic E-state index is 14.0. The molecule has 0 amide bonds. The lowest BCUT2D eigenvalue weighted by Crippen LogP contribution is -2.41. The second-order valence-electron chi connectivity index (χ2n) is 8.39. The topological polar surface area (TPSA) is 110 Å². The summed E-state index contributed by atoms with van der Waals surface area (Å²) in [7, 11) is -4.19. The third-order valence-electron chi connectivity index (χ3n) is 5.89.